The van der Waals surface area contributed by atoms with Crippen molar-refractivity contribution in [1.29, 1.82) is 0 Å². The summed E-state index contributed by atoms with van der Waals surface area (Å²) < 4.78 is 0. The molecule has 0 saturated carbocycles. The second-order valence-electron chi connectivity index (χ2n) is 4.24. The molecule has 0 aliphatic carbocycles. The topological polar surface area (TPSA) is 57.8 Å². The third-order valence-electron chi connectivity index (χ3n) is 2.74. The van der Waals surface area contributed by atoms with Crippen molar-refractivity contribution in [3.8, 4) is 0 Å². The summed E-state index contributed by atoms with van der Waals surface area (Å²) in [6, 6.07) is 6.02. The van der Waals surface area contributed by atoms with Crippen molar-refractivity contribution in [3.05, 3.63) is 36.4 Å². The minimum Gasteiger partial charge on any atom is -0.309 e. The maximum atomic E-state index is 11.5. The highest BCUT2D eigenvalue weighted by molar-refractivity contribution is 5.99. The molecule has 18 heavy (non-hydrogen) atoms. The van der Waals surface area contributed by atoms with Gasteiger partial charge in [0.1, 0.15) is 0 Å². The van der Waals surface area contributed by atoms with Crippen LogP contribution in [0.15, 0.2) is 30.9 Å². The number of amides is 1. The van der Waals surface area contributed by atoms with Crippen LogP contribution in [0.2, 0.25) is 0 Å². The molecule has 0 atom stereocenters. The number of anilines is 1. The number of benzene rings is 1. The van der Waals surface area contributed by atoms with Crippen LogP contribution >= 0.6 is 0 Å². The summed E-state index contributed by atoms with van der Waals surface area (Å²) in [5.74, 6) is 0.606. The van der Waals surface area contributed by atoms with Crippen LogP contribution in [-0.2, 0) is 11.2 Å². The lowest BCUT2D eigenvalue weighted by molar-refractivity contribution is -0.116. The molecule has 0 saturated heterocycles. The normalized spacial score (nSPS) is 10.5. The average molecular weight is 243 g/mol. The van der Waals surface area contributed by atoms with Gasteiger partial charge in [0.2, 0.25) is 5.91 Å². The highest BCUT2D eigenvalue weighted by atomic mass is 16.1. The van der Waals surface area contributed by atoms with Gasteiger partial charge < -0.3 is 5.32 Å². The zero-order valence-corrected chi connectivity index (χ0v) is 10.5. The second-order valence-corrected chi connectivity index (χ2v) is 4.24. The van der Waals surface area contributed by atoms with Crippen LogP contribution in [0.5, 0.6) is 0 Å². The van der Waals surface area contributed by atoms with E-state index in [1.54, 1.807) is 0 Å². The van der Waals surface area contributed by atoms with E-state index < -0.39 is 0 Å². The van der Waals surface area contributed by atoms with Gasteiger partial charge in [0.05, 0.1) is 5.52 Å². The predicted molar refractivity (Wildman–Crippen MR) is 73.5 cm³/mol. The molecule has 0 radical (unpaired) electrons. The SMILES string of the molecule is C=CCc1ccc2c(NC(=O)CCC)n[nH]c2c1. The summed E-state index contributed by atoms with van der Waals surface area (Å²) in [6.07, 6.45) is 4.04. The van der Waals surface area contributed by atoms with Crippen LogP contribution < -0.4 is 5.32 Å². The molecule has 0 unspecified atom stereocenters. The first-order valence-corrected chi connectivity index (χ1v) is 6.12. The number of fused-ring (bicyclic) bond motifs is 1. The fourth-order valence-electron chi connectivity index (χ4n) is 1.88. The van der Waals surface area contributed by atoms with Crippen molar-refractivity contribution >= 4 is 22.6 Å². The quantitative estimate of drug-likeness (QED) is 0.793. The minimum absolute atomic E-state index is 0.000989. The van der Waals surface area contributed by atoms with Crippen molar-refractivity contribution in [3.63, 3.8) is 0 Å². The van der Waals surface area contributed by atoms with Crippen LogP contribution in [0.3, 0.4) is 0 Å². The Morgan fingerprint density at radius 3 is 3.11 bits per heavy atom. The number of H-pyrrole nitrogens is 1. The summed E-state index contributed by atoms with van der Waals surface area (Å²) in [7, 11) is 0. The molecular weight excluding hydrogens is 226 g/mol. The predicted octanol–water partition coefficient (Wildman–Crippen LogP) is 3.03. The Labute approximate surface area is 106 Å². The van der Waals surface area contributed by atoms with Gasteiger partial charge in [0.15, 0.2) is 5.82 Å². The third kappa shape index (κ3) is 2.59. The second kappa shape index (κ2) is 5.49. The number of rotatable bonds is 5. The van der Waals surface area contributed by atoms with Crippen LogP contribution in [-0.4, -0.2) is 16.1 Å². The fraction of sp³-hybridized carbons (Fsp3) is 0.286. The summed E-state index contributed by atoms with van der Waals surface area (Å²) in [6.45, 7) is 5.69. The monoisotopic (exact) mass is 243 g/mol. The molecule has 0 aliphatic rings. The van der Waals surface area contributed by atoms with Crippen LogP contribution in [0.1, 0.15) is 25.3 Å². The molecule has 0 spiro atoms. The van der Waals surface area contributed by atoms with E-state index in [2.05, 4.69) is 22.1 Å². The number of hydrogen-bond acceptors (Lipinski definition) is 2. The van der Waals surface area contributed by atoms with E-state index >= 15 is 0 Å². The smallest absolute Gasteiger partial charge is 0.225 e. The number of nitrogens with zero attached hydrogens (tertiary/aromatic N) is 1. The number of hydrogen-bond donors (Lipinski definition) is 2. The van der Waals surface area contributed by atoms with Crippen LogP contribution in [0.25, 0.3) is 10.9 Å². The van der Waals surface area contributed by atoms with Gasteiger partial charge in [-0.1, -0.05) is 19.1 Å². The minimum atomic E-state index is 0.000989. The highest BCUT2D eigenvalue weighted by Gasteiger charge is 2.08. The Bertz CT molecular complexity index is 571. The van der Waals surface area contributed by atoms with E-state index in [0.717, 1.165) is 23.7 Å². The summed E-state index contributed by atoms with van der Waals surface area (Å²) in [5.41, 5.74) is 2.11. The Hall–Kier alpha value is -2.10. The molecule has 1 amide bonds. The van der Waals surface area contributed by atoms with Gasteiger partial charge in [-0.15, -0.1) is 6.58 Å². The molecule has 94 valence electrons. The molecule has 4 nitrogen and oxygen atoms in total. The van der Waals surface area contributed by atoms with E-state index in [0.29, 0.717) is 12.2 Å². The average Bonchev–Trinajstić information content (AvgIpc) is 2.73. The van der Waals surface area contributed by atoms with Crippen molar-refractivity contribution in [2.45, 2.75) is 26.2 Å². The zero-order valence-electron chi connectivity index (χ0n) is 10.5. The van der Waals surface area contributed by atoms with Gasteiger partial charge in [-0.05, 0) is 30.5 Å². The number of aromatic amines is 1. The number of allylic oxidation sites excluding steroid dienone is 1. The highest BCUT2D eigenvalue weighted by Crippen LogP contribution is 2.22. The molecule has 1 aromatic heterocycles. The first kappa shape index (κ1) is 12.4. The van der Waals surface area contributed by atoms with Crippen molar-refractivity contribution in [2.24, 2.45) is 0 Å². The Morgan fingerprint density at radius 2 is 2.39 bits per heavy atom. The molecule has 1 aromatic carbocycles. The molecule has 0 bridgehead atoms. The molecule has 4 heteroatoms. The Morgan fingerprint density at radius 1 is 1.56 bits per heavy atom. The molecule has 0 aliphatic heterocycles. The molecular formula is C14H17N3O. The first-order valence-electron chi connectivity index (χ1n) is 6.12. The van der Waals surface area contributed by atoms with E-state index in [4.69, 9.17) is 0 Å². The van der Waals surface area contributed by atoms with Gasteiger partial charge in [-0.2, -0.15) is 5.10 Å². The number of carbonyl (C=O) groups excluding carboxylic acids is 1. The van der Waals surface area contributed by atoms with E-state index in [-0.39, 0.29) is 5.91 Å². The van der Waals surface area contributed by atoms with Gasteiger partial charge in [-0.25, -0.2) is 0 Å². The van der Waals surface area contributed by atoms with Crippen LogP contribution in [0.4, 0.5) is 5.82 Å². The van der Waals surface area contributed by atoms with E-state index in [1.807, 2.05) is 31.2 Å². The first-order chi connectivity index (χ1) is 8.74. The van der Waals surface area contributed by atoms with Gasteiger partial charge in [-0.3, -0.25) is 9.89 Å². The van der Waals surface area contributed by atoms with E-state index in [1.165, 1.54) is 5.56 Å². The lowest BCUT2D eigenvalue weighted by Gasteiger charge is -2.01. The van der Waals surface area contributed by atoms with E-state index in [9.17, 15) is 4.79 Å². The third-order valence-corrected chi connectivity index (χ3v) is 2.74. The van der Waals surface area contributed by atoms with Crippen molar-refractivity contribution in [1.82, 2.24) is 10.2 Å². The lowest BCUT2D eigenvalue weighted by atomic mass is 10.1. The maximum Gasteiger partial charge on any atom is 0.225 e. The molecule has 0 fully saturated rings. The molecule has 2 aromatic rings. The van der Waals surface area contributed by atoms with Gasteiger partial charge in [0.25, 0.3) is 0 Å². The van der Waals surface area contributed by atoms with Crippen LogP contribution in [0, 0.1) is 0 Å². The van der Waals surface area contributed by atoms with Gasteiger partial charge in [0, 0.05) is 11.8 Å². The summed E-state index contributed by atoms with van der Waals surface area (Å²) in [4.78, 5) is 11.5. The molecule has 1 heterocycles. The lowest BCUT2D eigenvalue weighted by Crippen LogP contribution is -2.10. The van der Waals surface area contributed by atoms with Crippen molar-refractivity contribution < 1.29 is 4.79 Å². The summed E-state index contributed by atoms with van der Waals surface area (Å²) >= 11 is 0. The summed E-state index contributed by atoms with van der Waals surface area (Å²) in [5, 5.41) is 10.8. The van der Waals surface area contributed by atoms with Gasteiger partial charge >= 0.3 is 0 Å². The Kier molecular flexibility index (Phi) is 3.77. The molecule has 2 N–H and O–H groups in total. The number of carbonyl (C=O) groups is 1. The maximum absolute atomic E-state index is 11.5. The van der Waals surface area contributed by atoms with Crippen molar-refractivity contribution in [2.75, 3.05) is 5.32 Å². The Balaban J connectivity index is 2.25. The fourth-order valence-corrected chi connectivity index (χ4v) is 1.88. The largest absolute Gasteiger partial charge is 0.309 e. The number of aromatic nitrogens is 2. The number of nitrogens with one attached hydrogen (secondary N) is 2. The zero-order chi connectivity index (χ0) is 13.0. The molecule has 2 rings (SSSR count). The standard InChI is InChI=1S/C14H17N3O/c1-3-5-10-7-8-11-12(9-10)16-17-14(11)15-13(18)6-4-2/h3,7-9H,1,4-6H2,2H3,(H2,15,16,17,18).